The van der Waals surface area contributed by atoms with Crippen LogP contribution in [0.1, 0.15) is 29.8 Å². The highest BCUT2D eigenvalue weighted by molar-refractivity contribution is 6.33. The van der Waals surface area contributed by atoms with Gasteiger partial charge in [0.05, 0.1) is 23.8 Å². The second-order valence-electron chi connectivity index (χ2n) is 5.95. The number of hydrogen-bond acceptors (Lipinski definition) is 5. The summed E-state index contributed by atoms with van der Waals surface area (Å²) in [5.74, 6) is -0.629. The zero-order valence-corrected chi connectivity index (χ0v) is 17.1. The number of carbonyl (C=O) groups excluding carboxylic acids is 2. The number of carbonyl (C=O) groups is 2. The summed E-state index contributed by atoms with van der Waals surface area (Å²) in [5, 5.41) is 2.71. The number of rotatable bonds is 10. The molecule has 0 spiro atoms. The molecule has 0 unspecified atom stereocenters. The predicted molar refractivity (Wildman–Crippen MR) is 107 cm³/mol. The van der Waals surface area contributed by atoms with Crippen LogP contribution in [0.4, 0.5) is 4.39 Å². The molecule has 0 saturated carbocycles. The lowest BCUT2D eigenvalue weighted by Gasteiger charge is -2.12. The van der Waals surface area contributed by atoms with Gasteiger partial charge >= 0.3 is 5.97 Å². The van der Waals surface area contributed by atoms with Crippen LogP contribution in [0, 0.1) is 5.82 Å². The normalized spacial score (nSPS) is 10.3. The molecule has 1 amide bonds. The molecule has 2 rings (SSSR count). The Bertz CT molecular complexity index is 859. The summed E-state index contributed by atoms with van der Waals surface area (Å²) in [7, 11) is 0. The number of nitrogens with one attached hydrogen (secondary N) is 1. The van der Waals surface area contributed by atoms with Crippen molar-refractivity contribution in [3.05, 3.63) is 58.4 Å². The largest absolute Gasteiger partial charge is 0.490 e. The second kappa shape index (κ2) is 11.3. The molecular weight excluding hydrogens is 401 g/mol. The van der Waals surface area contributed by atoms with E-state index in [4.69, 9.17) is 25.8 Å². The second-order valence-corrected chi connectivity index (χ2v) is 6.35. The first-order chi connectivity index (χ1) is 13.9. The Kier molecular flexibility index (Phi) is 8.73. The zero-order chi connectivity index (χ0) is 21.2. The van der Waals surface area contributed by atoms with Crippen molar-refractivity contribution in [1.29, 1.82) is 0 Å². The third-order valence-electron chi connectivity index (χ3n) is 3.83. The van der Waals surface area contributed by atoms with Gasteiger partial charge in [0.25, 0.3) is 5.91 Å². The molecule has 0 saturated heterocycles. The van der Waals surface area contributed by atoms with Crippen LogP contribution < -0.4 is 14.8 Å². The molecule has 2 aromatic rings. The third-order valence-corrected chi connectivity index (χ3v) is 4.16. The molecule has 156 valence electrons. The van der Waals surface area contributed by atoms with Crippen molar-refractivity contribution in [2.24, 2.45) is 0 Å². The molecule has 0 heterocycles. The Morgan fingerprint density at radius 1 is 1.03 bits per heavy atom. The summed E-state index contributed by atoms with van der Waals surface area (Å²) < 4.78 is 29.2. The van der Waals surface area contributed by atoms with Crippen molar-refractivity contribution in [2.75, 3.05) is 26.4 Å². The lowest BCUT2D eigenvalue weighted by Crippen LogP contribution is -2.30. The maximum Gasteiger partial charge on any atom is 0.340 e. The number of amides is 1. The van der Waals surface area contributed by atoms with E-state index < -0.39 is 24.3 Å². The van der Waals surface area contributed by atoms with Crippen molar-refractivity contribution >= 4 is 23.5 Å². The van der Waals surface area contributed by atoms with Crippen molar-refractivity contribution in [3.63, 3.8) is 0 Å². The summed E-state index contributed by atoms with van der Waals surface area (Å²) in [6.07, 6.45) is 0.557. The van der Waals surface area contributed by atoms with Crippen molar-refractivity contribution in [1.82, 2.24) is 5.32 Å². The van der Waals surface area contributed by atoms with Gasteiger partial charge in [-0.05, 0) is 56.2 Å². The summed E-state index contributed by atoms with van der Waals surface area (Å²) in [6.45, 7) is 4.70. The van der Waals surface area contributed by atoms with Crippen LogP contribution in [0.3, 0.4) is 0 Å². The van der Waals surface area contributed by atoms with Crippen molar-refractivity contribution < 1.29 is 28.2 Å². The molecule has 0 aliphatic heterocycles. The van der Waals surface area contributed by atoms with Crippen LogP contribution in [-0.2, 0) is 16.0 Å². The average Bonchev–Trinajstić information content (AvgIpc) is 2.70. The highest BCUT2D eigenvalue weighted by Crippen LogP contribution is 2.28. The van der Waals surface area contributed by atoms with Crippen LogP contribution in [0.25, 0.3) is 0 Å². The molecule has 8 heteroatoms. The lowest BCUT2D eigenvalue weighted by atomic mass is 10.1. The van der Waals surface area contributed by atoms with E-state index in [1.54, 1.807) is 0 Å². The van der Waals surface area contributed by atoms with E-state index in [0.29, 0.717) is 37.7 Å². The molecule has 2 aromatic carbocycles. The van der Waals surface area contributed by atoms with Crippen LogP contribution in [0.5, 0.6) is 11.5 Å². The minimum atomic E-state index is -0.863. The minimum Gasteiger partial charge on any atom is -0.490 e. The molecule has 0 aliphatic carbocycles. The van der Waals surface area contributed by atoms with E-state index in [9.17, 15) is 14.0 Å². The molecule has 0 aliphatic rings. The Morgan fingerprint density at radius 3 is 2.48 bits per heavy atom. The molecule has 0 fully saturated rings. The highest BCUT2D eigenvalue weighted by atomic mass is 35.5. The Hall–Kier alpha value is -2.80. The summed E-state index contributed by atoms with van der Waals surface area (Å²) in [5.41, 5.74) is 0.832. The highest BCUT2D eigenvalue weighted by Gasteiger charge is 2.15. The van der Waals surface area contributed by atoms with Gasteiger partial charge in [-0.1, -0.05) is 17.7 Å². The van der Waals surface area contributed by atoms with Crippen LogP contribution >= 0.6 is 11.6 Å². The van der Waals surface area contributed by atoms with Gasteiger partial charge in [0.1, 0.15) is 5.82 Å². The van der Waals surface area contributed by atoms with E-state index in [1.807, 2.05) is 32.0 Å². The zero-order valence-electron chi connectivity index (χ0n) is 16.3. The Balaban J connectivity index is 1.81. The fourth-order valence-electron chi connectivity index (χ4n) is 2.51. The maximum atomic E-state index is 13.2. The fraction of sp³-hybridized carbons (Fsp3) is 0.333. The van der Waals surface area contributed by atoms with Crippen LogP contribution in [0.2, 0.25) is 5.02 Å². The molecular formula is C21H23ClFNO5. The molecule has 0 radical (unpaired) electrons. The van der Waals surface area contributed by atoms with Crippen molar-refractivity contribution in [3.8, 4) is 11.5 Å². The first-order valence-electron chi connectivity index (χ1n) is 9.22. The first-order valence-corrected chi connectivity index (χ1v) is 9.59. The van der Waals surface area contributed by atoms with E-state index in [0.717, 1.165) is 17.7 Å². The number of esters is 1. The van der Waals surface area contributed by atoms with E-state index in [1.165, 1.54) is 6.07 Å². The number of hydrogen-bond donors (Lipinski definition) is 1. The molecule has 29 heavy (non-hydrogen) atoms. The minimum absolute atomic E-state index is 0.0532. The van der Waals surface area contributed by atoms with Gasteiger partial charge < -0.3 is 19.5 Å². The Labute approximate surface area is 173 Å². The molecule has 6 nitrogen and oxygen atoms in total. The van der Waals surface area contributed by atoms with Crippen LogP contribution in [0.15, 0.2) is 36.4 Å². The molecule has 0 bridgehead atoms. The van der Waals surface area contributed by atoms with Gasteiger partial charge in [-0.25, -0.2) is 9.18 Å². The number of ether oxygens (including phenoxy) is 3. The standard InChI is InChI=1S/C21H23ClFNO5/c1-3-27-18-8-5-14(11-19(18)28-4-2)9-10-24-20(25)13-29-21(26)16-12-15(23)6-7-17(16)22/h5-8,11-12H,3-4,9-10,13H2,1-2H3,(H,24,25). The van der Waals surface area contributed by atoms with E-state index >= 15 is 0 Å². The maximum absolute atomic E-state index is 13.2. The molecule has 0 atom stereocenters. The van der Waals surface area contributed by atoms with Gasteiger partial charge in [-0.15, -0.1) is 0 Å². The average molecular weight is 424 g/mol. The quantitative estimate of drug-likeness (QED) is 0.588. The van der Waals surface area contributed by atoms with E-state index in [-0.39, 0.29) is 10.6 Å². The summed E-state index contributed by atoms with van der Waals surface area (Å²) in [6, 6.07) is 8.93. The Morgan fingerprint density at radius 2 is 1.76 bits per heavy atom. The van der Waals surface area contributed by atoms with Crippen LogP contribution in [-0.4, -0.2) is 38.2 Å². The lowest BCUT2D eigenvalue weighted by molar-refractivity contribution is -0.124. The van der Waals surface area contributed by atoms with Gasteiger partial charge in [0.2, 0.25) is 0 Å². The predicted octanol–water partition coefficient (Wildman–Crippen LogP) is 3.79. The SMILES string of the molecule is CCOc1ccc(CCNC(=O)COC(=O)c2cc(F)ccc2Cl)cc1OCC. The smallest absolute Gasteiger partial charge is 0.340 e. The van der Waals surface area contributed by atoms with Gasteiger partial charge in [-0.2, -0.15) is 0 Å². The van der Waals surface area contributed by atoms with Gasteiger partial charge in [0.15, 0.2) is 18.1 Å². The van der Waals surface area contributed by atoms with E-state index in [2.05, 4.69) is 5.32 Å². The summed E-state index contributed by atoms with van der Waals surface area (Å²) >= 11 is 5.84. The van der Waals surface area contributed by atoms with Crippen molar-refractivity contribution in [2.45, 2.75) is 20.3 Å². The number of benzene rings is 2. The first kappa shape index (κ1) is 22.5. The summed E-state index contributed by atoms with van der Waals surface area (Å²) in [4.78, 5) is 23.8. The third kappa shape index (κ3) is 6.94. The number of halogens is 2. The van der Waals surface area contributed by atoms with Gasteiger partial charge in [0, 0.05) is 6.54 Å². The fourth-order valence-corrected chi connectivity index (χ4v) is 2.71. The molecule has 1 N–H and O–H groups in total. The van der Waals surface area contributed by atoms with Gasteiger partial charge in [-0.3, -0.25) is 4.79 Å². The molecule has 0 aromatic heterocycles. The monoisotopic (exact) mass is 423 g/mol. The topological polar surface area (TPSA) is 73.9 Å².